The molecule has 106 valence electrons. The molecule has 2 aromatic rings. The van der Waals surface area contributed by atoms with Gasteiger partial charge in [-0.15, -0.1) is 0 Å². The molecule has 0 radical (unpaired) electrons. The largest absolute Gasteiger partial charge is 0.496 e. The Labute approximate surface area is 120 Å². The molecule has 0 saturated carbocycles. The smallest absolute Gasteiger partial charge is 0.132 e. The monoisotopic (exact) mass is 271 g/mol. The van der Waals surface area contributed by atoms with Crippen molar-refractivity contribution in [3.8, 4) is 17.0 Å². The molecule has 0 saturated heterocycles. The van der Waals surface area contributed by atoms with Crippen molar-refractivity contribution in [1.29, 1.82) is 0 Å². The van der Waals surface area contributed by atoms with Crippen molar-refractivity contribution in [3.63, 3.8) is 0 Å². The number of hydrogen-bond donors (Lipinski definition) is 1. The van der Waals surface area contributed by atoms with Crippen molar-refractivity contribution in [2.75, 3.05) is 19.5 Å². The summed E-state index contributed by atoms with van der Waals surface area (Å²) in [5.41, 5.74) is 5.34. The van der Waals surface area contributed by atoms with Gasteiger partial charge in [0.1, 0.15) is 17.4 Å². The van der Waals surface area contributed by atoms with Gasteiger partial charge < -0.3 is 10.1 Å². The Hall–Kier alpha value is -2.10. The molecular weight excluding hydrogens is 250 g/mol. The zero-order chi connectivity index (χ0) is 14.9. The summed E-state index contributed by atoms with van der Waals surface area (Å²) in [7, 11) is 3.57. The molecule has 0 unspecified atom stereocenters. The summed E-state index contributed by atoms with van der Waals surface area (Å²) >= 11 is 0. The number of hydrogen-bond acceptors (Lipinski definition) is 4. The van der Waals surface area contributed by atoms with Crippen molar-refractivity contribution >= 4 is 5.82 Å². The molecule has 1 aromatic heterocycles. The number of benzene rings is 1. The topological polar surface area (TPSA) is 47.0 Å². The Balaban J connectivity index is 2.77. The number of rotatable bonds is 3. The van der Waals surface area contributed by atoms with Crippen LogP contribution in [0.4, 0.5) is 5.82 Å². The highest BCUT2D eigenvalue weighted by molar-refractivity contribution is 5.76. The Morgan fingerprint density at radius 2 is 1.75 bits per heavy atom. The van der Waals surface area contributed by atoms with Crippen LogP contribution in [0.15, 0.2) is 12.1 Å². The molecule has 4 nitrogen and oxygen atoms in total. The Morgan fingerprint density at radius 1 is 1.05 bits per heavy atom. The third-order valence-corrected chi connectivity index (χ3v) is 3.39. The van der Waals surface area contributed by atoms with Crippen molar-refractivity contribution in [2.45, 2.75) is 27.7 Å². The van der Waals surface area contributed by atoms with Crippen LogP contribution in [0, 0.1) is 27.7 Å². The van der Waals surface area contributed by atoms with Gasteiger partial charge in [-0.1, -0.05) is 6.07 Å². The first-order valence-corrected chi connectivity index (χ1v) is 6.66. The summed E-state index contributed by atoms with van der Waals surface area (Å²) < 4.78 is 5.55. The molecule has 0 aliphatic heterocycles. The maximum atomic E-state index is 5.55. The highest BCUT2D eigenvalue weighted by Crippen LogP contribution is 2.36. The van der Waals surface area contributed by atoms with E-state index in [-0.39, 0.29) is 0 Å². The second-order valence-electron chi connectivity index (χ2n) is 5.00. The summed E-state index contributed by atoms with van der Waals surface area (Å²) in [4.78, 5) is 9.04. The first kappa shape index (κ1) is 14.3. The van der Waals surface area contributed by atoms with Crippen molar-refractivity contribution in [3.05, 3.63) is 34.6 Å². The number of anilines is 1. The molecule has 0 atom stereocenters. The quantitative estimate of drug-likeness (QED) is 0.929. The van der Waals surface area contributed by atoms with E-state index < -0.39 is 0 Å². The highest BCUT2D eigenvalue weighted by atomic mass is 16.5. The van der Waals surface area contributed by atoms with E-state index >= 15 is 0 Å². The number of ether oxygens (including phenoxy) is 1. The second kappa shape index (κ2) is 5.49. The molecule has 2 rings (SSSR count). The lowest BCUT2D eigenvalue weighted by Crippen LogP contribution is -2.04. The maximum absolute atomic E-state index is 5.55. The van der Waals surface area contributed by atoms with E-state index in [1.807, 2.05) is 27.0 Å². The molecule has 1 aromatic carbocycles. The number of aromatic nitrogens is 2. The van der Waals surface area contributed by atoms with Gasteiger partial charge in [-0.2, -0.15) is 0 Å². The van der Waals surface area contributed by atoms with E-state index in [4.69, 9.17) is 4.74 Å². The first-order chi connectivity index (χ1) is 9.47. The van der Waals surface area contributed by atoms with Gasteiger partial charge in [0.05, 0.1) is 12.8 Å². The predicted octanol–water partition coefficient (Wildman–Crippen LogP) is 3.43. The lowest BCUT2D eigenvalue weighted by Gasteiger charge is -2.16. The van der Waals surface area contributed by atoms with E-state index in [1.54, 1.807) is 7.11 Å². The van der Waals surface area contributed by atoms with Crippen LogP contribution >= 0.6 is 0 Å². The maximum Gasteiger partial charge on any atom is 0.132 e. The van der Waals surface area contributed by atoms with Gasteiger partial charge in [0.25, 0.3) is 0 Å². The average molecular weight is 271 g/mol. The highest BCUT2D eigenvalue weighted by Gasteiger charge is 2.17. The number of aryl methyl sites for hydroxylation is 3. The van der Waals surface area contributed by atoms with Crippen LogP contribution in [0.2, 0.25) is 0 Å². The van der Waals surface area contributed by atoms with Gasteiger partial charge in [-0.05, 0) is 44.9 Å². The third kappa shape index (κ3) is 2.46. The molecule has 0 bridgehead atoms. The lowest BCUT2D eigenvalue weighted by atomic mass is 9.98. The zero-order valence-corrected chi connectivity index (χ0v) is 13.0. The average Bonchev–Trinajstić information content (AvgIpc) is 2.40. The van der Waals surface area contributed by atoms with Crippen LogP contribution in [0.3, 0.4) is 0 Å². The Kier molecular flexibility index (Phi) is 3.93. The van der Waals surface area contributed by atoms with E-state index in [2.05, 4.69) is 35.2 Å². The molecule has 0 aliphatic carbocycles. The normalized spacial score (nSPS) is 10.5. The summed E-state index contributed by atoms with van der Waals surface area (Å²) in [5.74, 6) is 2.46. The number of nitrogens with one attached hydrogen (secondary N) is 1. The van der Waals surface area contributed by atoms with Crippen molar-refractivity contribution < 1.29 is 4.74 Å². The fraction of sp³-hybridized carbons (Fsp3) is 0.375. The Bertz CT molecular complexity index is 651. The van der Waals surface area contributed by atoms with E-state index in [9.17, 15) is 0 Å². The van der Waals surface area contributed by atoms with Crippen LogP contribution in [0.1, 0.15) is 22.5 Å². The van der Waals surface area contributed by atoms with Gasteiger partial charge in [-0.25, -0.2) is 9.97 Å². The van der Waals surface area contributed by atoms with Crippen LogP contribution in [0.5, 0.6) is 5.75 Å². The molecule has 0 spiro atoms. The summed E-state index contributed by atoms with van der Waals surface area (Å²) in [6.45, 7) is 8.08. The van der Waals surface area contributed by atoms with Gasteiger partial charge in [-0.3, -0.25) is 0 Å². The van der Waals surface area contributed by atoms with Gasteiger partial charge in [0.2, 0.25) is 0 Å². The van der Waals surface area contributed by atoms with Crippen molar-refractivity contribution in [2.24, 2.45) is 0 Å². The fourth-order valence-corrected chi connectivity index (χ4v) is 2.51. The summed E-state index contributed by atoms with van der Waals surface area (Å²) in [6, 6.07) is 4.19. The molecule has 0 aliphatic rings. The van der Waals surface area contributed by atoms with Gasteiger partial charge in [0.15, 0.2) is 0 Å². The molecule has 1 heterocycles. The third-order valence-electron chi connectivity index (χ3n) is 3.39. The van der Waals surface area contributed by atoms with E-state index in [1.165, 1.54) is 5.56 Å². The summed E-state index contributed by atoms with van der Waals surface area (Å²) in [6.07, 6.45) is 0. The minimum atomic E-state index is 0.747. The minimum absolute atomic E-state index is 0.747. The zero-order valence-electron chi connectivity index (χ0n) is 13.0. The minimum Gasteiger partial charge on any atom is -0.496 e. The molecule has 4 heteroatoms. The van der Waals surface area contributed by atoms with Crippen LogP contribution in [-0.2, 0) is 0 Å². The molecule has 1 N–H and O–H groups in total. The van der Waals surface area contributed by atoms with E-state index in [0.717, 1.165) is 39.8 Å². The van der Waals surface area contributed by atoms with Crippen LogP contribution in [0.25, 0.3) is 11.3 Å². The SMILES string of the molecule is CNc1nc(C)nc(-c2c(C)cc(C)cc2OC)c1C. The number of methoxy groups -OCH3 is 1. The van der Waals surface area contributed by atoms with Gasteiger partial charge in [0, 0.05) is 18.2 Å². The van der Waals surface area contributed by atoms with Gasteiger partial charge >= 0.3 is 0 Å². The molecule has 0 amide bonds. The first-order valence-electron chi connectivity index (χ1n) is 6.66. The lowest BCUT2D eigenvalue weighted by molar-refractivity contribution is 0.415. The van der Waals surface area contributed by atoms with E-state index in [0.29, 0.717) is 0 Å². The number of nitrogens with zero attached hydrogens (tertiary/aromatic N) is 2. The Morgan fingerprint density at radius 3 is 2.35 bits per heavy atom. The molecular formula is C16H21N3O. The van der Waals surface area contributed by atoms with Crippen LogP contribution < -0.4 is 10.1 Å². The molecule has 20 heavy (non-hydrogen) atoms. The second-order valence-corrected chi connectivity index (χ2v) is 5.00. The fourth-order valence-electron chi connectivity index (χ4n) is 2.51. The standard InChI is InChI=1S/C16H21N3O/c1-9-7-10(2)14(13(8-9)20-6)15-11(3)16(17-5)19-12(4)18-15/h7-8H,1-6H3,(H,17,18,19). The van der Waals surface area contributed by atoms with Crippen LogP contribution in [-0.4, -0.2) is 24.1 Å². The van der Waals surface area contributed by atoms with Crippen molar-refractivity contribution in [1.82, 2.24) is 9.97 Å². The predicted molar refractivity (Wildman–Crippen MR) is 82.5 cm³/mol. The molecule has 0 fully saturated rings. The summed E-state index contributed by atoms with van der Waals surface area (Å²) in [5, 5.41) is 3.12.